The topological polar surface area (TPSA) is 77.8 Å². The van der Waals surface area contributed by atoms with Crippen molar-refractivity contribution in [2.75, 3.05) is 6.54 Å². The minimum atomic E-state index is 0.400. The van der Waals surface area contributed by atoms with E-state index < -0.39 is 0 Å². The van der Waals surface area contributed by atoms with Gasteiger partial charge in [-0.15, -0.1) is 0 Å². The molecule has 0 bridgehead atoms. The number of pyridine rings is 1. The SMILES string of the molecule is CCC(CN)Cc1nc(-c2cccnc2)no1. The Morgan fingerprint density at radius 1 is 1.47 bits per heavy atom. The van der Waals surface area contributed by atoms with Crippen LogP contribution in [0.15, 0.2) is 29.0 Å². The maximum Gasteiger partial charge on any atom is 0.227 e. The normalized spacial score (nSPS) is 12.6. The molecule has 0 amide bonds. The maximum atomic E-state index is 5.65. The Morgan fingerprint density at radius 3 is 3.00 bits per heavy atom. The van der Waals surface area contributed by atoms with E-state index in [1.54, 1.807) is 12.4 Å². The van der Waals surface area contributed by atoms with Gasteiger partial charge in [-0.05, 0) is 24.6 Å². The van der Waals surface area contributed by atoms with Crippen LogP contribution in [0.3, 0.4) is 0 Å². The Kier molecular flexibility index (Phi) is 3.82. The second-order valence-corrected chi connectivity index (χ2v) is 3.97. The van der Waals surface area contributed by atoms with Gasteiger partial charge in [-0.2, -0.15) is 4.98 Å². The summed E-state index contributed by atoms with van der Waals surface area (Å²) in [5, 5.41) is 3.94. The third kappa shape index (κ3) is 2.88. The molecule has 2 N–H and O–H groups in total. The lowest BCUT2D eigenvalue weighted by Crippen LogP contribution is -2.15. The molecule has 0 aliphatic rings. The Bertz CT molecular complexity index is 451. The van der Waals surface area contributed by atoms with Crippen LogP contribution < -0.4 is 5.73 Å². The highest BCUT2D eigenvalue weighted by Crippen LogP contribution is 2.16. The zero-order valence-corrected chi connectivity index (χ0v) is 9.84. The largest absolute Gasteiger partial charge is 0.339 e. The molecule has 1 unspecified atom stereocenters. The van der Waals surface area contributed by atoms with Gasteiger partial charge in [-0.3, -0.25) is 4.98 Å². The molecule has 90 valence electrons. The van der Waals surface area contributed by atoms with Crippen molar-refractivity contribution in [1.29, 1.82) is 0 Å². The van der Waals surface area contributed by atoms with Crippen LogP contribution in [0.2, 0.25) is 0 Å². The Morgan fingerprint density at radius 2 is 2.35 bits per heavy atom. The zero-order valence-electron chi connectivity index (χ0n) is 9.84. The molecule has 0 fully saturated rings. The van der Waals surface area contributed by atoms with E-state index in [0.717, 1.165) is 18.4 Å². The van der Waals surface area contributed by atoms with Crippen molar-refractivity contribution in [3.63, 3.8) is 0 Å². The molecule has 2 heterocycles. The standard InChI is InChI=1S/C12H16N4O/c1-2-9(7-13)6-11-15-12(16-17-11)10-4-3-5-14-8-10/h3-5,8-9H,2,6-7,13H2,1H3. The second kappa shape index (κ2) is 5.54. The van der Waals surface area contributed by atoms with Crippen LogP contribution in [0.4, 0.5) is 0 Å². The first-order chi connectivity index (χ1) is 8.33. The molecule has 17 heavy (non-hydrogen) atoms. The maximum absolute atomic E-state index is 5.65. The van der Waals surface area contributed by atoms with E-state index >= 15 is 0 Å². The average Bonchev–Trinajstić information content (AvgIpc) is 2.85. The van der Waals surface area contributed by atoms with Gasteiger partial charge in [0.1, 0.15) is 0 Å². The molecule has 2 aromatic heterocycles. The number of hydrogen-bond acceptors (Lipinski definition) is 5. The van der Waals surface area contributed by atoms with Gasteiger partial charge in [-0.25, -0.2) is 0 Å². The van der Waals surface area contributed by atoms with E-state index in [1.165, 1.54) is 0 Å². The van der Waals surface area contributed by atoms with Gasteiger partial charge in [0.2, 0.25) is 11.7 Å². The second-order valence-electron chi connectivity index (χ2n) is 3.97. The van der Waals surface area contributed by atoms with Crippen LogP contribution in [0.25, 0.3) is 11.4 Å². The summed E-state index contributed by atoms with van der Waals surface area (Å²) in [4.78, 5) is 8.36. The molecular formula is C12H16N4O. The van der Waals surface area contributed by atoms with E-state index in [4.69, 9.17) is 10.3 Å². The van der Waals surface area contributed by atoms with Crippen LogP contribution >= 0.6 is 0 Å². The summed E-state index contributed by atoms with van der Waals surface area (Å²) in [6.45, 7) is 2.75. The van der Waals surface area contributed by atoms with E-state index in [0.29, 0.717) is 24.2 Å². The summed E-state index contributed by atoms with van der Waals surface area (Å²) in [6, 6.07) is 3.75. The third-order valence-corrected chi connectivity index (χ3v) is 2.76. The van der Waals surface area contributed by atoms with Crippen molar-refractivity contribution in [2.24, 2.45) is 11.7 Å². The van der Waals surface area contributed by atoms with Crippen LogP contribution in [-0.4, -0.2) is 21.7 Å². The quantitative estimate of drug-likeness (QED) is 0.848. The molecule has 5 nitrogen and oxygen atoms in total. The molecular weight excluding hydrogens is 216 g/mol. The number of aromatic nitrogens is 3. The molecule has 0 spiro atoms. The molecule has 1 atom stereocenters. The Balaban J connectivity index is 2.11. The summed E-state index contributed by atoms with van der Waals surface area (Å²) in [6.07, 6.45) is 5.18. The first-order valence-electron chi connectivity index (χ1n) is 5.76. The van der Waals surface area contributed by atoms with Crippen molar-refractivity contribution >= 4 is 0 Å². The molecule has 0 aromatic carbocycles. The van der Waals surface area contributed by atoms with Crippen molar-refractivity contribution in [2.45, 2.75) is 19.8 Å². The molecule has 2 aromatic rings. The van der Waals surface area contributed by atoms with Gasteiger partial charge >= 0.3 is 0 Å². The molecule has 0 saturated carbocycles. The lowest BCUT2D eigenvalue weighted by molar-refractivity contribution is 0.350. The highest BCUT2D eigenvalue weighted by Gasteiger charge is 2.12. The molecule has 0 aliphatic carbocycles. The minimum Gasteiger partial charge on any atom is -0.339 e. The first-order valence-corrected chi connectivity index (χ1v) is 5.76. The smallest absolute Gasteiger partial charge is 0.227 e. The highest BCUT2D eigenvalue weighted by atomic mass is 16.5. The molecule has 0 radical (unpaired) electrons. The monoisotopic (exact) mass is 232 g/mol. The lowest BCUT2D eigenvalue weighted by Gasteiger charge is -2.07. The van der Waals surface area contributed by atoms with Crippen molar-refractivity contribution in [1.82, 2.24) is 15.1 Å². The van der Waals surface area contributed by atoms with Crippen molar-refractivity contribution < 1.29 is 4.52 Å². The predicted octanol–water partition coefficient (Wildman–Crippen LogP) is 1.66. The fourth-order valence-corrected chi connectivity index (χ4v) is 1.59. The number of nitrogens with two attached hydrogens (primary N) is 1. The zero-order chi connectivity index (χ0) is 12.1. The molecule has 2 rings (SSSR count). The number of nitrogens with zero attached hydrogens (tertiary/aromatic N) is 3. The minimum absolute atomic E-state index is 0.400. The van der Waals surface area contributed by atoms with Crippen LogP contribution in [-0.2, 0) is 6.42 Å². The van der Waals surface area contributed by atoms with E-state index in [9.17, 15) is 0 Å². The van der Waals surface area contributed by atoms with Crippen LogP contribution in [0.1, 0.15) is 19.2 Å². The summed E-state index contributed by atoms with van der Waals surface area (Å²) in [7, 11) is 0. The summed E-state index contributed by atoms with van der Waals surface area (Å²) in [5.41, 5.74) is 6.51. The Labute approximate surface area is 100 Å². The third-order valence-electron chi connectivity index (χ3n) is 2.76. The predicted molar refractivity (Wildman–Crippen MR) is 64.1 cm³/mol. The van der Waals surface area contributed by atoms with Crippen molar-refractivity contribution in [3.8, 4) is 11.4 Å². The molecule has 0 saturated heterocycles. The highest BCUT2D eigenvalue weighted by molar-refractivity contribution is 5.51. The van der Waals surface area contributed by atoms with Crippen LogP contribution in [0, 0.1) is 5.92 Å². The number of hydrogen-bond donors (Lipinski definition) is 1. The fraction of sp³-hybridized carbons (Fsp3) is 0.417. The summed E-state index contributed by atoms with van der Waals surface area (Å²) >= 11 is 0. The fourth-order valence-electron chi connectivity index (χ4n) is 1.59. The molecule has 0 aliphatic heterocycles. The Hall–Kier alpha value is -1.75. The number of rotatable bonds is 5. The molecule has 5 heteroatoms. The average molecular weight is 232 g/mol. The van der Waals surface area contributed by atoms with Gasteiger partial charge < -0.3 is 10.3 Å². The van der Waals surface area contributed by atoms with E-state index in [-0.39, 0.29) is 0 Å². The summed E-state index contributed by atoms with van der Waals surface area (Å²) < 4.78 is 5.21. The summed E-state index contributed by atoms with van der Waals surface area (Å²) in [5.74, 6) is 1.62. The van der Waals surface area contributed by atoms with Crippen molar-refractivity contribution in [3.05, 3.63) is 30.4 Å². The van der Waals surface area contributed by atoms with Gasteiger partial charge in [0.05, 0.1) is 0 Å². The lowest BCUT2D eigenvalue weighted by atomic mass is 10.0. The van der Waals surface area contributed by atoms with E-state index in [1.807, 2.05) is 12.1 Å². The van der Waals surface area contributed by atoms with Gasteiger partial charge in [0, 0.05) is 24.4 Å². The van der Waals surface area contributed by atoms with Gasteiger partial charge in [0.15, 0.2) is 0 Å². The van der Waals surface area contributed by atoms with E-state index in [2.05, 4.69) is 22.0 Å². The van der Waals surface area contributed by atoms with Gasteiger partial charge in [0.25, 0.3) is 0 Å². The van der Waals surface area contributed by atoms with Gasteiger partial charge in [-0.1, -0.05) is 18.5 Å². The van der Waals surface area contributed by atoms with Crippen LogP contribution in [0.5, 0.6) is 0 Å². The first kappa shape index (κ1) is 11.7.